The lowest BCUT2D eigenvalue weighted by atomic mass is 9.93. The van der Waals surface area contributed by atoms with E-state index in [4.69, 9.17) is 0 Å². The number of nitrogens with one attached hydrogen (secondary N) is 1. The van der Waals surface area contributed by atoms with Gasteiger partial charge in [-0.15, -0.1) is 0 Å². The summed E-state index contributed by atoms with van der Waals surface area (Å²) in [6.45, 7) is 0. The van der Waals surface area contributed by atoms with Crippen molar-refractivity contribution in [2.24, 2.45) is 0 Å². The third kappa shape index (κ3) is 3.46. The van der Waals surface area contributed by atoms with Crippen LogP contribution in [0.5, 0.6) is 5.75 Å². The minimum absolute atomic E-state index is 0.0633. The summed E-state index contributed by atoms with van der Waals surface area (Å²) >= 11 is 0. The van der Waals surface area contributed by atoms with Gasteiger partial charge in [0.25, 0.3) is 0 Å². The van der Waals surface area contributed by atoms with E-state index in [1.165, 1.54) is 19.2 Å². The van der Waals surface area contributed by atoms with E-state index in [2.05, 4.69) is 10.1 Å². The monoisotopic (exact) mass is 283 g/mol. The van der Waals surface area contributed by atoms with E-state index in [9.17, 15) is 13.6 Å². The Balaban J connectivity index is 0.000000247. The zero-order valence-corrected chi connectivity index (χ0v) is 11.5. The molecule has 1 aromatic rings. The topological polar surface area (TPSA) is 38.3 Å². The molecule has 2 aliphatic rings. The maximum atomic E-state index is 13.5. The first kappa shape index (κ1) is 14.8. The van der Waals surface area contributed by atoms with Crippen molar-refractivity contribution in [3.05, 3.63) is 23.8 Å². The molecule has 2 fully saturated rings. The van der Waals surface area contributed by atoms with Crippen LogP contribution in [0.15, 0.2) is 12.1 Å². The number of hydrogen-bond acceptors (Lipinski definition) is 3. The zero-order chi connectivity index (χ0) is 14.5. The van der Waals surface area contributed by atoms with Gasteiger partial charge in [-0.2, -0.15) is 4.39 Å². The number of Topliss-reactive ketones (excluding diaryl/α,β-unsaturated/α-hetero) is 1. The second-order valence-electron chi connectivity index (χ2n) is 5.11. The summed E-state index contributed by atoms with van der Waals surface area (Å²) in [5, 5.41) is 2.97. The molecule has 0 saturated heterocycles. The van der Waals surface area contributed by atoms with E-state index in [1.54, 1.807) is 0 Å². The molecule has 110 valence electrons. The van der Waals surface area contributed by atoms with Crippen molar-refractivity contribution in [1.29, 1.82) is 0 Å². The van der Waals surface area contributed by atoms with E-state index >= 15 is 0 Å². The molecule has 1 aromatic carbocycles. The van der Waals surface area contributed by atoms with Crippen LogP contribution in [-0.4, -0.2) is 18.9 Å². The van der Waals surface area contributed by atoms with Gasteiger partial charge in [-0.25, -0.2) is 4.39 Å². The summed E-state index contributed by atoms with van der Waals surface area (Å²) in [6.07, 6.45) is 6.02. The van der Waals surface area contributed by atoms with Crippen LogP contribution in [0.1, 0.15) is 38.5 Å². The Hall–Kier alpha value is -1.65. The maximum absolute atomic E-state index is 13.5. The number of halogens is 2. The average Bonchev–Trinajstić information content (AvgIpc) is 2.37. The molecule has 2 saturated carbocycles. The van der Waals surface area contributed by atoms with Gasteiger partial charge in [0.05, 0.1) is 12.8 Å². The van der Waals surface area contributed by atoms with Crippen molar-refractivity contribution in [2.45, 2.75) is 44.6 Å². The van der Waals surface area contributed by atoms with Gasteiger partial charge in [0.1, 0.15) is 5.78 Å². The largest absolute Gasteiger partial charge is 0.494 e. The molecule has 0 bridgehead atoms. The van der Waals surface area contributed by atoms with E-state index < -0.39 is 11.6 Å². The second-order valence-corrected chi connectivity index (χ2v) is 5.11. The fourth-order valence-corrected chi connectivity index (χ4v) is 1.89. The first-order valence-electron chi connectivity index (χ1n) is 6.92. The first-order chi connectivity index (χ1) is 9.61. The summed E-state index contributed by atoms with van der Waals surface area (Å²) in [5.41, 5.74) is 0.220. The lowest BCUT2D eigenvalue weighted by Crippen LogP contribution is -2.27. The number of hydrogen-bond donors (Lipinski definition) is 1. The zero-order valence-electron chi connectivity index (χ0n) is 11.5. The lowest BCUT2D eigenvalue weighted by molar-refractivity contribution is -0.123. The van der Waals surface area contributed by atoms with Gasteiger partial charge in [-0.05, 0) is 37.8 Å². The fourth-order valence-electron chi connectivity index (χ4n) is 1.89. The highest BCUT2D eigenvalue weighted by molar-refractivity contribution is 5.83. The number of carbonyl (C=O) groups excluding carboxylic acids is 1. The molecule has 20 heavy (non-hydrogen) atoms. The van der Waals surface area contributed by atoms with E-state index in [0.717, 1.165) is 38.5 Å². The van der Waals surface area contributed by atoms with Gasteiger partial charge in [0.15, 0.2) is 11.6 Å². The Kier molecular flexibility index (Phi) is 4.93. The van der Waals surface area contributed by atoms with E-state index in [0.29, 0.717) is 5.78 Å². The van der Waals surface area contributed by atoms with Crippen LogP contribution in [0.4, 0.5) is 14.5 Å². The number of ether oxygens (including phenoxy) is 1. The molecule has 0 heterocycles. The van der Waals surface area contributed by atoms with Crippen LogP contribution in [0.2, 0.25) is 0 Å². The number of benzene rings is 1. The summed E-state index contributed by atoms with van der Waals surface area (Å²) in [7, 11) is 1.32. The summed E-state index contributed by atoms with van der Waals surface area (Å²) in [5.74, 6) is -1.42. The van der Waals surface area contributed by atoms with Crippen LogP contribution >= 0.6 is 0 Å². The van der Waals surface area contributed by atoms with Crippen molar-refractivity contribution < 1.29 is 18.3 Å². The maximum Gasteiger partial charge on any atom is 0.202 e. The quantitative estimate of drug-likeness (QED) is 0.919. The average molecular weight is 283 g/mol. The number of anilines is 1. The Morgan fingerprint density at radius 2 is 1.80 bits per heavy atom. The molecule has 0 radical (unpaired) electrons. The van der Waals surface area contributed by atoms with Gasteiger partial charge in [0.2, 0.25) is 5.82 Å². The van der Waals surface area contributed by atoms with Crippen molar-refractivity contribution in [2.75, 3.05) is 12.4 Å². The molecular weight excluding hydrogens is 264 g/mol. The minimum Gasteiger partial charge on any atom is -0.494 e. The van der Waals surface area contributed by atoms with Crippen LogP contribution in [-0.2, 0) is 4.79 Å². The van der Waals surface area contributed by atoms with Crippen molar-refractivity contribution in [3.8, 4) is 5.75 Å². The number of ketones is 1. The lowest BCUT2D eigenvalue weighted by Gasteiger charge is -2.27. The predicted molar refractivity (Wildman–Crippen MR) is 73.0 cm³/mol. The number of methoxy groups -OCH3 is 1. The van der Waals surface area contributed by atoms with Gasteiger partial charge < -0.3 is 10.1 Å². The van der Waals surface area contributed by atoms with Crippen molar-refractivity contribution in [3.63, 3.8) is 0 Å². The van der Waals surface area contributed by atoms with Crippen molar-refractivity contribution >= 4 is 11.5 Å². The minimum atomic E-state index is -0.929. The van der Waals surface area contributed by atoms with Crippen LogP contribution < -0.4 is 10.1 Å². The van der Waals surface area contributed by atoms with E-state index in [-0.39, 0.29) is 17.5 Å². The third-order valence-corrected chi connectivity index (χ3v) is 3.64. The molecule has 5 heteroatoms. The van der Waals surface area contributed by atoms with Crippen LogP contribution in [0, 0.1) is 11.6 Å². The summed E-state index contributed by atoms with van der Waals surface area (Å²) < 4.78 is 31.4. The molecular formula is C15H19F2NO2. The molecule has 0 aliphatic heterocycles. The first-order valence-corrected chi connectivity index (χ1v) is 6.92. The van der Waals surface area contributed by atoms with Crippen molar-refractivity contribution in [1.82, 2.24) is 0 Å². The van der Waals surface area contributed by atoms with Gasteiger partial charge >= 0.3 is 0 Å². The third-order valence-electron chi connectivity index (χ3n) is 3.64. The van der Waals surface area contributed by atoms with Crippen LogP contribution in [0.3, 0.4) is 0 Å². The Bertz CT molecular complexity index is 481. The van der Waals surface area contributed by atoms with Crippen LogP contribution in [0.25, 0.3) is 0 Å². The fraction of sp³-hybridized carbons (Fsp3) is 0.533. The number of rotatable bonds is 3. The standard InChI is InChI=1S/C11H13F2NO.C4H6O/c1-15-9-6-5-8(10(12)11(9)13)14-7-3-2-4-7;5-4-2-1-3-4/h5-7,14H,2-4H2,1H3;1-3H2. The van der Waals surface area contributed by atoms with Gasteiger partial charge in [0, 0.05) is 18.9 Å². The Labute approximate surface area is 117 Å². The normalized spacial score (nSPS) is 17.4. The summed E-state index contributed by atoms with van der Waals surface area (Å²) in [4.78, 5) is 9.90. The molecule has 2 aliphatic carbocycles. The highest BCUT2D eigenvalue weighted by Crippen LogP contribution is 2.29. The molecule has 0 spiro atoms. The predicted octanol–water partition coefficient (Wildman–Crippen LogP) is 3.68. The summed E-state index contributed by atoms with van der Waals surface area (Å²) in [6, 6.07) is 3.22. The number of carbonyl (C=O) groups is 1. The Morgan fingerprint density at radius 3 is 2.20 bits per heavy atom. The molecule has 3 nitrogen and oxygen atoms in total. The molecule has 3 rings (SSSR count). The molecule has 0 unspecified atom stereocenters. The Morgan fingerprint density at radius 1 is 1.15 bits per heavy atom. The highest BCUT2D eigenvalue weighted by atomic mass is 19.2. The SMILES string of the molecule is COc1ccc(NC2CCC2)c(F)c1F.O=C1CCC1. The van der Waals surface area contributed by atoms with Gasteiger partial charge in [-0.3, -0.25) is 4.79 Å². The smallest absolute Gasteiger partial charge is 0.202 e. The highest BCUT2D eigenvalue weighted by Gasteiger charge is 2.20. The molecule has 1 N–H and O–H groups in total. The van der Waals surface area contributed by atoms with Gasteiger partial charge in [-0.1, -0.05) is 0 Å². The second kappa shape index (κ2) is 6.68. The molecule has 0 atom stereocenters. The molecule has 0 aromatic heterocycles. The molecule has 0 amide bonds. The van der Waals surface area contributed by atoms with E-state index in [1.807, 2.05) is 0 Å².